The molecule has 0 saturated heterocycles. The average Bonchev–Trinajstić information content (AvgIpc) is 2.93. The van der Waals surface area contributed by atoms with E-state index >= 15 is 0 Å². The van der Waals surface area contributed by atoms with E-state index in [9.17, 15) is 9.59 Å². The summed E-state index contributed by atoms with van der Waals surface area (Å²) in [5.74, 6) is 0.0425. The van der Waals surface area contributed by atoms with Gasteiger partial charge in [-0.1, -0.05) is 79.7 Å². The Morgan fingerprint density at radius 1 is 1.17 bits per heavy atom. The first-order chi connectivity index (χ1) is 13.9. The minimum absolute atomic E-state index is 0.0425. The third kappa shape index (κ3) is 5.53. The Labute approximate surface area is 186 Å². The molecular formula is C23H23Cl2NO2S. The molecule has 0 radical (unpaired) electrons. The number of hydrogen-bond donors (Lipinski definition) is 0. The second-order valence-electron chi connectivity index (χ2n) is 6.68. The second kappa shape index (κ2) is 10.7. The smallest absolute Gasteiger partial charge is 0.167 e. The summed E-state index contributed by atoms with van der Waals surface area (Å²) < 4.78 is 1.88. The zero-order valence-corrected chi connectivity index (χ0v) is 18.9. The monoisotopic (exact) mass is 447 g/mol. The van der Waals surface area contributed by atoms with Gasteiger partial charge >= 0.3 is 0 Å². The third-order valence-electron chi connectivity index (χ3n) is 4.24. The van der Waals surface area contributed by atoms with Crippen molar-refractivity contribution in [1.29, 1.82) is 0 Å². The minimum Gasteiger partial charge on any atom is -0.328 e. The van der Waals surface area contributed by atoms with Crippen LogP contribution in [-0.4, -0.2) is 17.1 Å². The topological polar surface area (TPSA) is 39.1 Å². The van der Waals surface area contributed by atoms with Gasteiger partial charge in [0.25, 0.3) is 0 Å². The highest BCUT2D eigenvalue weighted by atomic mass is 35.5. The predicted molar refractivity (Wildman–Crippen MR) is 123 cm³/mol. The summed E-state index contributed by atoms with van der Waals surface area (Å²) in [4.78, 5) is 24.7. The Bertz CT molecular complexity index is 967. The summed E-state index contributed by atoms with van der Waals surface area (Å²) in [5.41, 5.74) is 2.57. The van der Waals surface area contributed by atoms with Crippen LogP contribution in [0.25, 0.3) is 0 Å². The van der Waals surface area contributed by atoms with E-state index in [1.165, 1.54) is 11.8 Å². The van der Waals surface area contributed by atoms with Crippen molar-refractivity contribution in [1.82, 2.24) is 4.57 Å². The molecular weight excluding hydrogens is 425 g/mol. The van der Waals surface area contributed by atoms with Crippen LogP contribution in [0.2, 0.25) is 10.0 Å². The van der Waals surface area contributed by atoms with Crippen LogP contribution in [0, 0.1) is 0 Å². The van der Waals surface area contributed by atoms with E-state index in [4.69, 9.17) is 23.2 Å². The number of carbonyl (C=O) groups is 2. The number of benzene rings is 1. The number of aldehydes is 2. The molecule has 6 heteroatoms. The molecule has 0 unspecified atom stereocenters. The Morgan fingerprint density at radius 3 is 2.31 bits per heavy atom. The lowest BCUT2D eigenvalue weighted by molar-refractivity contribution is 0.109. The first-order valence-corrected chi connectivity index (χ1v) is 10.7. The maximum absolute atomic E-state index is 12.0. The molecule has 0 aliphatic carbocycles. The lowest BCUT2D eigenvalue weighted by Crippen LogP contribution is -2.06. The van der Waals surface area contributed by atoms with Crippen molar-refractivity contribution in [2.24, 2.45) is 0 Å². The van der Waals surface area contributed by atoms with Crippen LogP contribution in [0.5, 0.6) is 0 Å². The van der Waals surface area contributed by atoms with Crippen molar-refractivity contribution in [2.45, 2.75) is 43.2 Å². The van der Waals surface area contributed by atoms with Gasteiger partial charge in [-0.3, -0.25) is 9.59 Å². The molecule has 3 nitrogen and oxygen atoms in total. The molecule has 0 atom stereocenters. The molecule has 1 heterocycles. The van der Waals surface area contributed by atoms with E-state index in [-0.39, 0.29) is 5.92 Å². The van der Waals surface area contributed by atoms with Crippen LogP contribution >= 0.6 is 35.0 Å². The number of allylic oxidation sites excluding steroid dienone is 5. The van der Waals surface area contributed by atoms with Crippen molar-refractivity contribution >= 4 is 47.5 Å². The fourth-order valence-corrected chi connectivity index (χ4v) is 5.12. The van der Waals surface area contributed by atoms with Gasteiger partial charge in [0.1, 0.15) is 0 Å². The van der Waals surface area contributed by atoms with Gasteiger partial charge in [0.05, 0.1) is 10.7 Å². The van der Waals surface area contributed by atoms with E-state index < -0.39 is 0 Å². The normalized spacial score (nSPS) is 12.0. The first kappa shape index (κ1) is 23.3. The number of nitrogens with zero attached hydrogens (tertiary/aromatic N) is 1. The van der Waals surface area contributed by atoms with Crippen LogP contribution < -0.4 is 0 Å². The van der Waals surface area contributed by atoms with Crippen LogP contribution in [-0.2, 0) is 6.54 Å². The molecule has 0 N–H and O–H groups in total. The summed E-state index contributed by atoms with van der Waals surface area (Å²) in [5, 5.41) is 1.87. The molecule has 0 aliphatic heterocycles. The number of carbonyl (C=O) groups excluding carboxylic acids is 2. The average molecular weight is 448 g/mol. The second-order valence-corrected chi connectivity index (χ2v) is 8.61. The summed E-state index contributed by atoms with van der Waals surface area (Å²) in [7, 11) is 0. The van der Waals surface area contributed by atoms with E-state index in [2.05, 4.69) is 6.58 Å². The highest BCUT2D eigenvalue weighted by Crippen LogP contribution is 2.40. The van der Waals surface area contributed by atoms with Crippen LogP contribution in [0.15, 0.2) is 64.6 Å². The minimum atomic E-state index is 0.0425. The largest absolute Gasteiger partial charge is 0.328 e. The number of rotatable bonds is 9. The Kier molecular flexibility index (Phi) is 8.57. The highest BCUT2D eigenvalue weighted by molar-refractivity contribution is 7.99. The van der Waals surface area contributed by atoms with Gasteiger partial charge in [0, 0.05) is 27.0 Å². The fourth-order valence-electron chi connectivity index (χ4n) is 3.14. The molecule has 0 amide bonds. The van der Waals surface area contributed by atoms with Crippen molar-refractivity contribution < 1.29 is 9.59 Å². The van der Waals surface area contributed by atoms with Crippen molar-refractivity contribution in [2.75, 3.05) is 0 Å². The number of aromatic nitrogens is 1. The molecule has 0 bridgehead atoms. The zero-order valence-electron chi connectivity index (χ0n) is 16.6. The van der Waals surface area contributed by atoms with Gasteiger partial charge in [0.2, 0.25) is 0 Å². The van der Waals surface area contributed by atoms with Gasteiger partial charge in [-0.25, -0.2) is 0 Å². The summed E-state index contributed by atoms with van der Waals surface area (Å²) >= 11 is 13.8. The van der Waals surface area contributed by atoms with E-state index in [0.29, 0.717) is 27.8 Å². The number of hydrogen-bond acceptors (Lipinski definition) is 3. The van der Waals surface area contributed by atoms with Gasteiger partial charge < -0.3 is 4.57 Å². The molecule has 0 aliphatic rings. The van der Waals surface area contributed by atoms with Crippen molar-refractivity contribution in [3.63, 3.8) is 0 Å². The number of halogens is 2. The van der Waals surface area contributed by atoms with E-state index in [1.54, 1.807) is 12.1 Å². The molecule has 2 rings (SSSR count). The maximum Gasteiger partial charge on any atom is 0.167 e. The molecule has 0 fully saturated rings. The zero-order chi connectivity index (χ0) is 21.6. The predicted octanol–water partition coefficient (Wildman–Crippen LogP) is 7.38. The van der Waals surface area contributed by atoms with Gasteiger partial charge in [-0.2, -0.15) is 0 Å². The molecule has 152 valence electrons. The van der Waals surface area contributed by atoms with E-state index in [0.717, 1.165) is 33.6 Å². The molecule has 2 aromatic rings. The fraction of sp³-hybridized carbons (Fsp3) is 0.217. The quantitative estimate of drug-likeness (QED) is 0.297. The van der Waals surface area contributed by atoms with Gasteiger partial charge in [0.15, 0.2) is 12.6 Å². The molecule has 1 aromatic carbocycles. The van der Waals surface area contributed by atoms with Gasteiger partial charge in [-0.05, 0) is 42.2 Å². The Morgan fingerprint density at radius 2 is 1.83 bits per heavy atom. The third-order valence-corrected chi connectivity index (χ3v) is 5.78. The van der Waals surface area contributed by atoms with Crippen LogP contribution in [0.3, 0.4) is 0 Å². The standard InChI is InChI=1S/C23H23Cl2NO2S/c1-5-7-16(8-6-2)12-26-21(14-28)20(13-27)22(15(3)4)23(26)29-19-10-17(24)9-18(25)11-19/h5-11,13-15H,1,12H2,2-4H3/b8-6-,16-7+. The SMILES string of the molecule is C=C/C=C(\C=C/C)Cn1c(C=O)c(C=O)c(C(C)C)c1Sc1cc(Cl)cc(Cl)c1. The molecule has 0 saturated carbocycles. The highest BCUT2D eigenvalue weighted by Gasteiger charge is 2.25. The van der Waals surface area contributed by atoms with Crippen LogP contribution in [0.1, 0.15) is 53.1 Å². The lowest BCUT2D eigenvalue weighted by Gasteiger charge is -2.15. The lowest BCUT2D eigenvalue weighted by atomic mass is 10.0. The Balaban J connectivity index is 2.75. The summed E-state index contributed by atoms with van der Waals surface area (Å²) in [6.45, 7) is 10.1. The summed E-state index contributed by atoms with van der Waals surface area (Å²) in [6.07, 6.45) is 8.97. The molecule has 1 aromatic heterocycles. The summed E-state index contributed by atoms with van der Waals surface area (Å²) in [6, 6.07) is 5.29. The Hall–Kier alpha value is -2.01. The first-order valence-electron chi connectivity index (χ1n) is 9.11. The molecule has 0 spiro atoms. The van der Waals surface area contributed by atoms with Crippen molar-refractivity contribution in [3.05, 3.63) is 81.5 Å². The van der Waals surface area contributed by atoms with E-state index in [1.807, 2.05) is 55.7 Å². The maximum atomic E-state index is 12.0. The van der Waals surface area contributed by atoms with Gasteiger partial charge in [-0.15, -0.1) is 0 Å². The van der Waals surface area contributed by atoms with Crippen LogP contribution in [0.4, 0.5) is 0 Å². The molecule has 29 heavy (non-hydrogen) atoms. The van der Waals surface area contributed by atoms with Crippen molar-refractivity contribution in [3.8, 4) is 0 Å².